The quantitative estimate of drug-likeness (QED) is 0.332. The van der Waals surface area contributed by atoms with Gasteiger partial charge in [0.25, 0.3) is 0 Å². The predicted molar refractivity (Wildman–Crippen MR) is 127 cm³/mol. The molecule has 0 fully saturated rings. The summed E-state index contributed by atoms with van der Waals surface area (Å²) in [6, 6.07) is 19.0. The summed E-state index contributed by atoms with van der Waals surface area (Å²) in [6.07, 6.45) is 0.435. The maximum atomic E-state index is 13.4. The summed E-state index contributed by atoms with van der Waals surface area (Å²) in [5.74, 6) is 0.324. The third-order valence-electron chi connectivity index (χ3n) is 5.46. The van der Waals surface area contributed by atoms with E-state index < -0.39 is 6.04 Å². The number of benzene rings is 3. The molecule has 32 heavy (non-hydrogen) atoms. The average molecular weight is 470 g/mol. The number of carbonyl (C=O) groups is 1. The second-order valence-corrected chi connectivity index (χ2v) is 8.63. The summed E-state index contributed by atoms with van der Waals surface area (Å²) in [5, 5.41) is 0.795. The second-order valence-electron chi connectivity index (χ2n) is 7.81. The van der Waals surface area contributed by atoms with Crippen molar-refractivity contribution in [1.29, 1.82) is 0 Å². The highest BCUT2D eigenvalue weighted by molar-refractivity contribution is 6.42. The normalized spacial score (nSPS) is 12.2. The summed E-state index contributed by atoms with van der Waals surface area (Å²) in [5.41, 5.74) is 3.32. The van der Waals surface area contributed by atoms with Gasteiger partial charge >= 0.3 is 0 Å². The third-order valence-corrected chi connectivity index (χ3v) is 6.19. The molecule has 3 aromatic carbocycles. The largest absolute Gasteiger partial charge is 0.340 e. The Morgan fingerprint density at radius 2 is 1.69 bits per heavy atom. The van der Waals surface area contributed by atoms with E-state index in [-0.39, 0.29) is 11.7 Å². The number of likely N-dealkylation sites (N-methyl/N-ethyl adjacent to an activating group) is 1. The van der Waals surface area contributed by atoms with Crippen LogP contribution in [0.1, 0.15) is 29.9 Å². The molecule has 164 valence electrons. The smallest absolute Gasteiger partial charge is 0.245 e. The van der Waals surface area contributed by atoms with Crippen molar-refractivity contribution >= 4 is 40.1 Å². The van der Waals surface area contributed by atoms with E-state index in [1.807, 2.05) is 41.8 Å². The Hall–Kier alpha value is -2.89. The van der Waals surface area contributed by atoms with Gasteiger partial charge in [0.15, 0.2) is 0 Å². The molecule has 0 aliphatic heterocycles. The van der Waals surface area contributed by atoms with Crippen LogP contribution in [0.25, 0.3) is 11.0 Å². The molecule has 4 nitrogen and oxygen atoms in total. The molecule has 4 rings (SSSR count). The van der Waals surface area contributed by atoms with E-state index in [2.05, 4.69) is 0 Å². The van der Waals surface area contributed by atoms with Crippen molar-refractivity contribution in [2.24, 2.45) is 0 Å². The van der Waals surface area contributed by atoms with Gasteiger partial charge in [-0.1, -0.05) is 65.7 Å². The topological polar surface area (TPSA) is 38.1 Å². The lowest BCUT2D eigenvalue weighted by atomic mass is 10.1. The summed E-state index contributed by atoms with van der Waals surface area (Å²) < 4.78 is 15.3. The Labute approximate surface area is 196 Å². The summed E-state index contributed by atoms with van der Waals surface area (Å²) >= 11 is 12.5. The Balaban J connectivity index is 1.72. The Bertz CT molecular complexity index is 1260. The highest BCUT2D eigenvalue weighted by Crippen LogP contribution is 2.31. The van der Waals surface area contributed by atoms with Gasteiger partial charge in [0.1, 0.15) is 17.7 Å². The van der Waals surface area contributed by atoms with Gasteiger partial charge in [0, 0.05) is 20.0 Å². The number of imidazole rings is 1. The van der Waals surface area contributed by atoms with Crippen molar-refractivity contribution in [2.75, 3.05) is 7.05 Å². The van der Waals surface area contributed by atoms with E-state index >= 15 is 0 Å². The molecular formula is C25H22Cl2FN3O. The van der Waals surface area contributed by atoms with E-state index in [0.29, 0.717) is 34.4 Å². The number of nitrogens with zero attached hydrogens (tertiary/aromatic N) is 3. The summed E-state index contributed by atoms with van der Waals surface area (Å²) in [6.45, 7) is 2.35. The van der Waals surface area contributed by atoms with Crippen molar-refractivity contribution in [3.8, 4) is 0 Å². The Kier molecular flexibility index (Phi) is 6.49. The van der Waals surface area contributed by atoms with E-state index in [9.17, 15) is 9.18 Å². The number of fused-ring (bicyclic) bond motifs is 1. The fourth-order valence-corrected chi connectivity index (χ4v) is 4.16. The van der Waals surface area contributed by atoms with Crippen molar-refractivity contribution in [1.82, 2.24) is 14.5 Å². The van der Waals surface area contributed by atoms with Crippen LogP contribution in [0.15, 0.2) is 66.7 Å². The Morgan fingerprint density at radius 1 is 1.03 bits per heavy atom. The van der Waals surface area contributed by atoms with Gasteiger partial charge < -0.3 is 9.47 Å². The lowest BCUT2D eigenvalue weighted by Crippen LogP contribution is -2.33. The molecule has 0 spiro atoms. The number of hydrogen-bond donors (Lipinski definition) is 0. The first kappa shape index (κ1) is 22.3. The molecule has 4 aromatic rings. The highest BCUT2D eigenvalue weighted by Gasteiger charge is 2.25. The molecule has 7 heteroatoms. The predicted octanol–water partition coefficient (Wildman–Crippen LogP) is 6.29. The van der Waals surface area contributed by atoms with Crippen LogP contribution in [0.3, 0.4) is 0 Å². The van der Waals surface area contributed by atoms with Crippen LogP contribution < -0.4 is 0 Å². The van der Waals surface area contributed by atoms with Crippen molar-refractivity contribution in [3.63, 3.8) is 0 Å². The molecule has 1 amide bonds. The van der Waals surface area contributed by atoms with Crippen LogP contribution in [0.2, 0.25) is 10.0 Å². The molecule has 0 N–H and O–H groups in total. The number of hydrogen-bond acceptors (Lipinski definition) is 2. The van der Waals surface area contributed by atoms with E-state index in [4.69, 9.17) is 28.2 Å². The fraction of sp³-hybridized carbons (Fsp3) is 0.200. The molecule has 0 radical (unpaired) electrons. The lowest BCUT2D eigenvalue weighted by Gasteiger charge is -2.24. The molecule has 1 heterocycles. The molecular weight excluding hydrogens is 448 g/mol. The minimum absolute atomic E-state index is 0.0559. The molecule has 0 saturated heterocycles. The molecule has 0 saturated carbocycles. The van der Waals surface area contributed by atoms with Crippen molar-refractivity contribution < 1.29 is 9.18 Å². The second kappa shape index (κ2) is 9.31. The monoisotopic (exact) mass is 469 g/mol. The van der Waals surface area contributed by atoms with Gasteiger partial charge in [-0.05, 0) is 42.3 Å². The molecule has 0 aliphatic rings. The summed E-state index contributed by atoms with van der Waals surface area (Å²) in [7, 11) is 1.79. The number of rotatable bonds is 6. The van der Waals surface area contributed by atoms with Crippen molar-refractivity contribution in [2.45, 2.75) is 25.9 Å². The summed E-state index contributed by atoms with van der Waals surface area (Å²) in [4.78, 5) is 19.8. The number of amides is 1. The Morgan fingerprint density at radius 3 is 2.38 bits per heavy atom. The molecule has 1 atom stereocenters. The zero-order valence-corrected chi connectivity index (χ0v) is 19.2. The fourth-order valence-electron chi connectivity index (χ4n) is 3.85. The average Bonchev–Trinajstić information content (AvgIpc) is 3.11. The van der Waals surface area contributed by atoms with Gasteiger partial charge in [-0.25, -0.2) is 9.37 Å². The number of aromatic nitrogens is 2. The van der Waals surface area contributed by atoms with E-state index in [1.54, 1.807) is 36.2 Å². The van der Waals surface area contributed by atoms with Crippen LogP contribution >= 0.6 is 23.2 Å². The molecule has 0 bridgehead atoms. The lowest BCUT2D eigenvalue weighted by molar-refractivity contribution is -0.133. The first-order chi connectivity index (χ1) is 15.3. The minimum Gasteiger partial charge on any atom is -0.340 e. The van der Waals surface area contributed by atoms with Crippen LogP contribution in [-0.2, 0) is 17.8 Å². The molecule has 0 unspecified atom stereocenters. The SMILES string of the molecule is C[C@@H](C(=O)N(C)Cc1ccccc1)n1c(Cc2ccc(F)cc2)nc2cc(Cl)c(Cl)cc21. The standard InChI is InChI=1S/C25H22Cl2FN3O/c1-16(25(32)30(2)15-18-6-4-3-5-7-18)31-23-14-21(27)20(26)13-22(23)29-24(31)12-17-8-10-19(28)11-9-17/h3-11,13-14,16H,12,15H2,1-2H3/t16-/m0/s1. The third kappa shape index (κ3) is 4.64. The zero-order valence-electron chi connectivity index (χ0n) is 17.7. The highest BCUT2D eigenvalue weighted by atomic mass is 35.5. The minimum atomic E-state index is -0.526. The zero-order chi connectivity index (χ0) is 22.8. The van der Waals surface area contributed by atoms with E-state index in [1.165, 1.54) is 12.1 Å². The first-order valence-electron chi connectivity index (χ1n) is 10.2. The van der Waals surface area contributed by atoms with Crippen LogP contribution in [-0.4, -0.2) is 27.4 Å². The van der Waals surface area contributed by atoms with E-state index in [0.717, 1.165) is 16.6 Å². The first-order valence-corrected chi connectivity index (χ1v) is 11.0. The van der Waals surface area contributed by atoms with Gasteiger partial charge in [0.05, 0.1) is 21.1 Å². The maximum absolute atomic E-state index is 13.4. The number of halogens is 3. The maximum Gasteiger partial charge on any atom is 0.245 e. The van der Waals surface area contributed by atoms with Gasteiger partial charge in [-0.2, -0.15) is 0 Å². The van der Waals surface area contributed by atoms with Crippen LogP contribution in [0.4, 0.5) is 4.39 Å². The van der Waals surface area contributed by atoms with Crippen LogP contribution in [0, 0.1) is 5.82 Å². The molecule has 0 aliphatic carbocycles. The number of carbonyl (C=O) groups excluding carboxylic acids is 1. The van der Waals surface area contributed by atoms with Crippen molar-refractivity contribution in [3.05, 3.63) is 99.5 Å². The molecule has 1 aromatic heterocycles. The van der Waals surface area contributed by atoms with Gasteiger partial charge in [-0.3, -0.25) is 4.79 Å². The van der Waals surface area contributed by atoms with Gasteiger partial charge in [-0.15, -0.1) is 0 Å². The van der Waals surface area contributed by atoms with Gasteiger partial charge in [0.2, 0.25) is 5.91 Å². The van der Waals surface area contributed by atoms with Crippen LogP contribution in [0.5, 0.6) is 0 Å².